The first-order chi connectivity index (χ1) is 9.47. The van der Waals surface area contributed by atoms with Crippen LogP contribution in [-0.4, -0.2) is 37.4 Å². The average Bonchev–Trinajstić information content (AvgIpc) is 2.43. The highest BCUT2D eigenvalue weighted by molar-refractivity contribution is 5.71. The fourth-order valence-electron chi connectivity index (χ4n) is 1.92. The number of benzene rings is 1. The van der Waals surface area contributed by atoms with Gasteiger partial charge in [-0.15, -0.1) is 0 Å². The Morgan fingerprint density at radius 1 is 1.35 bits per heavy atom. The van der Waals surface area contributed by atoms with Gasteiger partial charge in [-0.25, -0.2) is 4.79 Å². The van der Waals surface area contributed by atoms with E-state index in [2.05, 4.69) is 10.1 Å². The number of hydrogen-bond acceptors (Lipinski definition) is 5. The van der Waals surface area contributed by atoms with Crippen molar-refractivity contribution in [1.82, 2.24) is 5.32 Å². The number of esters is 1. The van der Waals surface area contributed by atoms with Crippen LogP contribution in [0.1, 0.15) is 23.6 Å². The molecule has 0 heterocycles. The molecule has 0 saturated carbocycles. The number of hydrogen-bond donors (Lipinski definition) is 2. The van der Waals surface area contributed by atoms with Crippen molar-refractivity contribution in [3.05, 3.63) is 28.8 Å². The van der Waals surface area contributed by atoms with E-state index in [-0.39, 0.29) is 19.3 Å². The summed E-state index contributed by atoms with van der Waals surface area (Å²) in [7, 11) is 1.34. The predicted molar refractivity (Wildman–Crippen MR) is 76.8 cm³/mol. The number of nitrogens with one attached hydrogen (secondary N) is 1. The van der Waals surface area contributed by atoms with Crippen molar-refractivity contribution >= 4 is 5.97 Å². The van der Waals surface area contributed by atoms with Crippen LogP contribution in [0.3, 0.4) is 0 Å². The maximum absolute atomic E-state index is 11.1. The quantitative estimate of drug-likeness (QED) is 0.738. The van der Waals surface area contributed by atoms with Crippen LogP contribution in [0.15, 0.2) is 12.1 Å². The molecule has 0 saturated heterocycles. The van der Waals surface area contributed by atoms with E-state index in [0.717, 1.165) is 16.7 Å². The molecule has 0 amide bonds. The molecule has 5 heteroatoms. The lowest BCUT2D eigenvalue weighted by atomic mass is 10.1. The number of ether oxygens (including phenoxy) is 2. The lowest BCUT2D eigenvalue weighted by Gasteiger charge is -2.15. The van der Waals surface area contributed by atoms with Crippen LogP contribution in [0.4, 0.5) is 0 Å². The van der Waals surface area contributed by atoms with E-state index in [4.69, 9.17) is 9.84 Å². The van der Waals surface area contributed by atoms with Gasteiger partial charge in [0.25, 0.3) is 0 Å². The van der Waals surface area contributed by atoms with Crippen molar-refractivity contribution in [2.75, 3.05) is 20.3 Å². The van der Waals surface area contributed by atoms with Gasteiger partial charge in [0.15, 0.2) is 6.61 Å². The predicted octanol–water partition coefficient (Wildman–Crippen LogP) is 1.33. The Kier molecular flexibility index (Phi) is 6.48. The maximum Gasteiger partial charge on any atom is 0.343 e. The number of methoxy groups -OCH3 is 1. The highest BCUT2D eigenvalue weighted by Gasteiger charge is 2.09. The third-order valence-electron chi connectivity index (χ3n) is 3.01. The first-order valence-electron chi connectivity index (χ1n) is 6.62. The fourth-order valence-corrected chi connectivity index (χ4v) is 1.92. The van der Waals surface area contributed by atoms with E-state index in [1.54, 1.807) is 0 Å². The van der Waals surface area contributed by atoms with Gasteiger partial charge in [-0.2, -0.15) is 0 Å². The van der Waals surface area contributed by atoms with Crippen molar-refractivity contribution in [1.29, 1.82) is 0 Å². The van der Waals surface area contributed by atoms with Gasteiger partial charge in [-0.1, -0.05) is 12.1 Å². The molecule has 0 spiro atoms. The summed E-state index contributed by atoms with van der Waals surface area (Å²) >= 11 is 0. The summed E-state index contributed by atoms with van der Waals surface area (Å²) in [5.41, 5.74) is 3.07. The molecule has 0 aliphatic heterocycles. The molecule has 2 N–H and O–H groups in total. The van der Waals surface area contributed by atoms with Crippen molar-refractivity contribution < 1.29 is 19.4 Å². The van der Waals surface area contributed by atoms with E-state index in [9.17, 15) is 4.79 Å². The van der Waals surface area contributed by atoms with E-state index in [1.165, 1.54) is 7.11 Å². The molecule has 0 unspecified atom stereocenters. The number of carbonyl (C=O) groups excluding carboxylic acids is 1. The number of aliphatic hydroxyl groups excluding tert-OH is 1. The second kappa shape index (κ2) is 7.87. The minimum atomic E-state index is -0.397. The molecule has 0 aliphatic rings. The molecule has 1 rings (SSSR count). The first kappa shape index (κ1) is 16.5. The molecule has 0 radical (unpaired) electrons. The Hall–Kier alpha value is -1.59. The third kappa shape index (κ3) is 4.83. The van der Waals surface area contributed by atoms with Gasteiger partial charge in [-0.05, 0) is 37.5 Å². The minimum Gasteiger partial charge on any atom is -0.481 e. The van der Waals surface area contributed by atoms with Crippen LogP contribution in [0.5, 0.6) is 5.75 Å². The summed E-state index contributed by atoms with van der Waals surface area (Å²) < 4.78 is 10.0. The van der Waals surface area contributed by atoms with Gasteiger partial charge >= 0.3 is 5.97 Å². The average molecular weight is 281 g/mol. The standard InChI is InChI=1S/C15H23NO4/c1-10-5-13(7-16-12(3)8-17)6-11(2)15(10)20-9-14(18)19-4/h5-6,12,16-17H,7-9H2,1-4H3/t12-/m1/s1. The van der Waals surface area contributed by atoms with Crippen molar-refractivity contribution in [2.45, 2.75) is 33.4 Å². The normalized spacial score (nSPS) is 12.1. The van der Waals surface area contributed by atoms with Gasteiger partial charge in [0.1, 0.15) is 5.75 Å². The van der Waals surface area contributed by atoms with E-state index in [0.29, 0.717) is 12.3 Å². The van der Waals surface area contributed by atoms with Crippen LogP contribution in [-0.2, 0) is 16.1 Å². The number of aliphatic hydroxyl groups is 1. The van der Waals surface area contributed by atoms with E-state index in [1.807, 2.05) is 32.9 Å². The molecule has 0 bridgehead atoms. The molecule has 0 aliphatic carbocycles. The first-order valence-corrected chi connectivity index (χ1v) is 6.62. The zero-order valence-electron chi connectivity index (χ0n) is 12.5. The van der Waals surface area contributed by atoms with Crippen molar-refractivity contribution in [3.8, 4) is 5.75 Å². The van der Waals surface area contributed by atoms with Gasteiger partial charge in [0, 0.05) is 12.6 Å². The molecule has 0 aromatic heterocycles. The molecule has 1 atom stereocenters. The minimum absolute atomic E-state index is 0.0610. The Balaban J connectivity index is 2.73. The van der Waals surface area contributed by atoms with Gasteiger partial charge < -0.3 is 19.9 Å². The largest absolute Gasteiger partial charge is 0.481 e. The van der Waals surface area contributed by atoms with Gasteiger partial charge in [0.2, 0.25) is 0 Å². The Morgan fingerprint density at radius 3 is 2.45 bits per heavy atom. The highest BCUT2D eigenvalue weighted by atomic mass is 16.6. The molecule has 5 nitrogen and oxygen atoms in total. The molecule has 112 valence electrons. The second-order valence-electron chi connectivity index (χ2n) is 4.89. The van der Waals surface area contributed by atoms with E-state index >= 15 is 0 Å². The molecule has 1 aromatic carbocycles. The number of rotatable bonds is 7. The van der Waals surface area contributed by atoms with E-state index < -0.39 is 5.97 Å². The molecule has 0 fully saturated rings. The zero-order chi connectivity index (χ0) is 15.1. The summed E-state index contributed by atoms with van der Waals surface area (Å²) in [4.78, 5) is 11.1. The second-order valence-corrected chi connectivity index (χ2v) is 4.89. The lowest BCUT2D eigenvalue weighted by molar-refractivity contribution is -0.142. The van der Waals surface area contributed by atoms with Crippen molar-refractivity contribution in [3.63, 3.8) is 0 Å². The SMILES string of the molecule is COC(=O)COc1c(C)cc(CN[C@H](C)CO)cc1C. The van der Waals surface area contributed by atoms with Crippen LogP contribution < -0.4 is 10.1 Å². The third-order valence-corrected chi connectivity index (χ3v) is 3.01. The molecule has 1 aromatic rings. The smallest absolute Gasteiger partial charge is 0.343 e. The zero-order valence-corrected chi connectivity index (χ0v) is 12.5. The fraction of sp³-hybridized carbons (Fsp3) is 0.533. The topological polar surface area (TPSA) is 67.8 Å². The Morgan fingerprint density at radius 2 is 1.95 bits per heavy atom. The van der Waals surface area contributed by atoms with Crippen LogP contribution in [0.2, 0.25) is 0 Å². The van der Waals surface area contributed by atoms with Gasteiger partial charge in [-0.3, -0.25) is 0 Å². The molecular formula is C15H23NO4. The Bertz CT molecular complexity index is 436. The van der Waals surface area contributed by atoms with Crippen LogP contribution in [0.25, 0.3) is 0 Å². The lowest BCUT2D eigenvalue weighted by Crippen LogP contribution is -2.28. The van der Waals surface area contributed by atoms with Crippen LogP contribution in [0, 0.1) is 13.8 Å². The highest BCUT2D eigenvalue weighted by Crippen LogP contribution is 2.24. The Labute approximate surface area is 119 Å². The molecular weight excluding hydrogens is 258 g/mol. The maximum atomic E-state index is 11.1. The van der Waals surface area contributed by atoms with Crippen LogP contribution >= 0.6 is 0 Å². The summed E-state index contributed by atoms with van der Waals surface area (Å²) in [5, 5.41) is 12.2. The van der Waals surface area contributed by atoms with Gasteiger partial charge in [0.05, 0.1) is 13.7 Å². The number of carbonyl (C=O) groups is 1. The summed E-state index contributed by atoms with van der Waals surface area (Å²) in [6, 6.07) is 4.08. The summed E-state index contributed by atoms with van der Waals surface area (Å²) in [5.74, 6) is 0.320. The summed E-state index contributed by atoms with van der Waals surface area (Å²) in [6.07, 6.45) is 0. The molecule has 20 heavy (non-hydrogen) atoms. The summed E-state index contributed by atoms with van der Waals surface area (Å²) in [6.45, 7) is 6.51. The number of aryl methyl sites for hydroxylation is 2. The van der Waals surface area contributed by atoms with Crippen molar-refractivity contribution in [2.24, 2.45) is 0 Å². The monoisotopic (exact) mass is 281 g/mol.